The zero-order valence-electron chi connectivity index (χ0n) is 12.2. The van der Waals surface area contributed by atoms with Crippen LogP contribution in [0.3, 0.4) is 0 Å². The lowest BCUT2D eigenvalue weighted by atomic mass is 9.86. The highest BCUT2D eigenvalue weighted by atomic mass is 19.2. The van der Waals surface area contributed by atoms with Crippen LogP contribution in [0, 0.1) is 11.6 Å². The van der Waals surface area contributed by atoms with Gasteiger partial charge in [-0.3, -0.25) is 4.90 Å². The summed E-state index contributed by atoms with van der Waals surface area (Å²) in [4.78, 5) is 2.32. The molecule has 1 fully saturated rings. The number of hydrogen-bond acceptors (Lipinski definition) is 3. The number of nitrogens with zero attached hydrogens (tertiary/aromatic N) is 1. The Balaban J connectivity index is 2.27. The molecule has 1 saturated heterocycles. The summed E-state index contributed by atoms with van der Waals surface area (Å²) in [5.41, 5.74) is 0.533. The molecule has 0 spiro atoms. The van der Waals surface area contributed by atoms with Gasteiger partial charge in [-0.05, 0) is 38.6 Å². The Morgan fingerprint density at radius 1 is 1.20 bits per heavy atom. The molecule has 1 heterocycles. The zero-order valence-corrected chi connectivity index (χ0v) is 12.2. The molecule has 5 heteroatoms. The highest BCUT2D eigenvalue weighted by Crippen LogP contribution is 2.32. The van der Waals surface area contributed by atoms with Crippen LogP contribution in [-0.4, -0.2) is 43.8 Å². The molecule has 0 aliphatic carbocycles. The van der Waals surface area contributed by atoms with Gasteiger partial charge in [0.1, 0.15) is 0 Å². The van der Waals surface area contributed by atoms with Crippen LogP contribution < -0.4 is 5.32 Å². The Kier molecular flexibility index (Phi) is 4.73. The molecule has 1 aliphatic heterocycles. The van der Waals surface area contributed by atoms with E-state index in [1.165, 1.54) is 12.1 Å². The Hall–Kier alpha value is -1.04. The third-order valence-corrected chi connectivity index (χ3v) is 4.10. The summed E-state index contributed by atoms with van der Waals surface area (Å²) in [6.45, 7) is 7.32. The molecule has 1 N–H and O–H groups in total. The van der Waals surface area contributed by atoms with E-state index in [1.807, 2.05) is 7.05 Å². The van der Waals surface area contributed by atoms with Crippen LogP contribution in [0.15, 0.2) is 18.2 Å². The number of hydrogen-bond donors (Lipinski definition) is 1. The fraction of sp³-hybridized carbons (Fsp3) is 0.600. The van der Waals surface area contributed by atoms with Crippen LogP contribution in [-0.2, 0) is 4.74 Å². The average Bonchev–Trinajstić information content (AvgIpc) is 2.44. The van der Waals surface area contributed by atoms with Crippen molar-refractivity contribution in [1.29, 1.82) is 0 Å². The van der Waals surface area contributed by atoms with Crippen molar-refractivity contribution >= 4 is 0 Å². The monoisotopic (exact) mass is 284 g/mol. The highest BCUT2D eigenvalue weighted by molar-refractivity contribution is 5.24. The standard InChI is InChI=1S/C15H22F2N2O/c1-15(2,19-6-8-20-9-7-19)14(18-3)11-4-5-12(16)13(17)10-11/h4-5,10,14,18H,6-9H2,1-3H3. The van der Waals surface area contributed by atoms with Crippen LogP contribution in [0.4, 0.5) is 8.78 Å². The molecule has 20 heavy (non-hydrogen) atoms. The number of benzene rings is 1. The van der Waals surface area contributed by atoms with Gasteiger partial charge in [-0.15, -0.1) is 0 Å². The molecule has 1 unspecified atom stereocenters. The first-order valence-corrected chi connectivity index (χ1v) is 6.92. The molecule has 1 atom stereocenters. The Morgan fingerprint density at radius 2 is 1.85 bits per heavy atom. The maximum atomic E-state index is 13.5. The largest absolute Gasteiger partial charge is 0.379 e. The van der Waals surface area contributed by atoms with Gasteiger partial charge in [-0.1, -0.05) is 6.07 Å². The van der Waals surface area contributed by atoms with Gasteiger partial charge in [0.2, 0.25) is 0 Å². The van der Waals surface area contributed by atoms with Crippen molar-refractivity contribution in [2.75, 3.05) is 33.4 Å². The summed E-state index contributed by atoms with van der Waals surface area (Å²) >= 11 is 0. The van der Waals surface area contributed by atoms with Gasteiger partial charge >= 0.3 is 0 Å². The minimum Gasteiger partial charge on any atom is -0.379 e. The minimum absolute atomic E-state index is 0.0873. The molecule has 2 rings (SSSR count). The highest BCUT2D eigenvalue weighted by Gasteiger charge is 2.36. The van der Waals surface area contributed by atoms with E-state index >= 15 is 0 Å². The Morgan fingerprint density at radius 3 is 2.40 bits per heavy atom. The number of rotatable bonds is 4. The third kappa shape index (κ3) is 3.00. The van der Waals surface area contributed by atoms with Gasteiger partial charge in [-0.2, -0.15) is 0 Å². The molecule has 0 aromatic heterocycles. The minimum atomic E-state index is -0.812. The fourth-order valence-corrected chi connectivity index (χ4v) is 2.94. The maximum absolute atomic E-state index is 13.5. The first-order valence-electron chi connectivity index (χ1n) is 6.92. The van der Waals surface area contributed by atoms with Crippen LogP contribution in [0.5, 0.6) is 0 Å². The summed E-state index contributed by atoms with van der Waals surface area (Å²) in [6, 6.07) is 4.01. The molecule has 1 aromatic carbocycles. The molecule has 0 radical (unpaired) electrons. The molecule has 0 amide bonds. The van der Waals surface area contributed by atoms with Crippen LogP contribution in [0.1, 0.15) is 25.5 Å². The van der Waals surface area contributed by atoms with Gasteiger partial charge in [0.15, 0.2) is 11.6 Å². The normalized spacial score (nSPS) is 19.1. The zero-order chi connectivity index (χ0) is 14.8. The van der Waals surface area contributed by atoms with E-state index in [-0.39, 0.29) is 11.6 Å². The first kappa shape index (κ1) is 15.4. The number of ether oxygens (including phenoxy) is 1. The fourth-order valence-electron chi connectivity index (χ4n) is 2.94. The predicted molar refractivity (Wildman–Crippen MR) is 74.6 cm³/mol. The smallest absolute Gasteiger partial charge is 0.159 e. The lowest BCUT2D eigenvalue weighted by molar-refractivity contribution is -0.0229. The summed E-state index contributed by atoms with van der Waals surface area (Å²) in [5.74, 6) is -1.62. The Labute approximate surface area is 118 Å². The number of likely N-dealkylation sites (N-methyl/N-ethyl adjacent to an activating group) is 1. The second kappa shape index (κ2) is 6.16. The summed E-state index contributed by atoms with van der Waals surface area (Å²) < 4.78 is 31.9. The molecule has 0 bridgehead atoms. The van der Waals surface area contributed by atoms with Crippen molar-refractivity contribution in [3.63, 3.8) is 0 Å². The van der Waals surface area contributed by atoms with Crippen molar-refractivity contribution in [3.8, 4) is 0 Å². The van der Waals surface area contributed by atoms with Gasteiger partial charge in [0.05, 0.1) is 13.2 Å². The molecule has 112 valence electrons. The predicted octanol–water partition coefficient (Wildman–Crippen LogP) is 2.34. The topological polar surface area (TPSA) is 24.5 Å². The third-order valence-electron chi connectivity index (χ3n) is 4.10. The van der Waals surface area contributed by atoms with E-state index in [4.69, 9.17) is 4.74 Å². The van der Waals surface area contributed by atoms with E-state index < -0.39 is 11.6 Å². The molecule has 1 aliphatic rings. The van der Waals surface area contributed by atoms with Crippen molar-refractivity contribution in [2.24, 2.45) is 0 Å². The summed E-state index contributed by atoms with van der Waals surface area (Å²) in [7, 11) is 1.84. The van der Waals surface area contributed by atoms with Gasteiger partial charge in [-0.25, -0.2) is 8.78 Å². The number of halogens is 2. The molecular formula is C15H22F2N2O. The second-order valence-electron chi connectivity index (χ2n) is 5.65. The number of nitrogens with one attached hydrogen (secondary N) is 1. The molecule has 0 saturated carbocycles. The first-order chi connectivity index (χ1) is 9.46. The van der Waals surface area contributed by atoms with Gasteiger partial charge < -0.3 is 10.1 Å². The summed E-state index contributed by atoms with van der Waals surface area (Å²) in [5, 5.41) is 3.23. The quantitative estimate of drug-likeness (QED) is 0.918. The van der Waals surface area contributed by atoms with Gasteiger partial charge in [0.25, 0.3) is 0 Å². The molecular weight excluding hydrogens is 262 g/mol. The second-order valence-corrected chi connectivity index (χ2v) is 5.65. The van der Waals surface area contributed by atoms with Crippen molar-refractivity contribution in [2.45, 2.75) is 25.4 Å². The van der Waals surface area contributed by atoms with E-state index in [9.17, 15) is 8.78 Å². The van der Waals surface area contributed by atoms with Crippen molar-refractivity contribution < 1.29 is 13.5 Å². The van der Waals surface area contributed by atoms with E-state index in [2.05, 4.69) is 24.1 Å². The molecule has 3 nitrogen and oxygen atoms in total. The number of morpholine rings is 1. The summed E-state index contributed by atoms with van der Waals surface area (Å²) in [6.07, 6.45) is 0. The SMILES string of the molecule is CNC(c1ccc(F)c(F)c1)C(C)(C)N1CCOCC1. The Bertz CT molecular complexity index is 459. The van der Waals surface area contributed by atoms with Crippen molar-refractivity contribution in [3.05, 3.63) is 35.4 Å². The van der Waals surface area contributed by atoms with Gasteiger partial charge in [0, 0.05) is 24.7 Å². The van der Waals surface area contributed by atoms with E-state index in [1.54, 1.807) is 6.07 Å². The van der Waals surface area contributed by atoms with Crippen molar-refractivity contribution in [1.82, 2.24) is 10.2 Å². The van der Waals surface area contributed by atoms with E-state index in [0.29, 0.717) is 13.2 Å². The lowest BCUT2D eigenvalue weighted by Crippen LogP contribution is -2.55. The van der Waals surface area contributed by atoms with Crippen LogP contribution >= 0.6 is 0 Å². The molecule has 1 aromatic rings. The average molecular weight is 284 g/mol. The van der Waals surface area contributed by atoms with E-state index in [0.717, 1.165) is 18.7 Å². The maximum Gasteiger partial charge on any atom is 0.159 e. The van der Waals surface area contributed by atoms with Crippen LogP contribution in [0.2, 0.25) is 0 Å². The van der Waals surface area contributed by atoms with Crippen LogP contribution in [0.25, 0.3) is 0 Å². The lowest BCUT2D eigenvalue weighted by Gasteiger charge is -2.46.